The Bertz CT molecular complexity index is 923. The molecule has 146 valence electrons. The molecule has 0 atom stereocenters. The number of ether oxygens (including phenoxy) is 2. The molecule has 1 heterocycles. The Hall–Kier alpha value is -3.35. The topological polar surface area (TPSA) is 67.9 Å². The molecule has 0 radical (unpaired) electrons. The Morgan fingerprint density at radius 2 is 1.86 bits per heavy atom. The summed E-state index contributed by atoms with van der Waals surface area (Å²) in [6.45, 7) is 3.82. The minimum atomic E-state index is -0.533. The SMILES string of the molecule is COc1cccc(C=C2NC(=O)N(Cc3ccc(F)cc3)C2=O)c1OC(C)C. The summed E-state index contributed by atoms with van der Waals surface area (Å²) in [5, 5.41) is 2.58. The summed E-state index contributed by atoms with van der Waals surface area (Å²) >= 11 is 0. The summed E-state index contributed by atoms with van der Waals surface area (Å²) in [6.07, 6.45) is 1.46. The van der Waals surface area contributed by atoms with Gasteiger partial charge in [-0.25, -0.2) is 9.18 Å². The van der Waals surface area contributed by atoms with Crippen LogP contribution in [0.3, 0.4) is 0 Å². The van der Waals surface area contributed by atoms with Gasteiger partial charge in [-0.15, -0.1) is 0 Å². The van der Waals surface area contributed by atoms with Gasteiger partial charge >= 0.3 is 6.03 Å². The van der Waals surface area contributed by atoms with Gasteiger partial charge in [-0.2, -0.15) is 0 Å². The quantitative estimate of drug-likeness (QED) is 0.609. The first-order valence-electron chi connectivity index (χ1n) is 8.81. The van der Waals surface area contributed by atoms with Gasteiger partial charge in [0.25, 0.3) is 5.91 Å². The van der Waals surface area contributed by atoms with Crippen molar-refractivity contribution in [3.05, 3.63) is 65.1 Å². The van der Waals surface area contributed by atoms with E-state index in [1.54, 1.807) is 24.3 Å². The molecule has 6 nitrogen and oxygen atoms in total. The van der Waals surface area contributed by atoms with Crippen molar-refractivity contribution in [3.63, 3.8) is 0 Å². The summed E-state index contributed by atoms with van der Waals surface area (Å²) in [5.41, 5.74) is 1.39. The standard InChI is InChI=1S/C21H21FN2O4/c1-13(2)28-19-15(5-4-6-18(19)27-3)11-17-20(25)24(21(26)23-17)12-14-7-9-16(22)10-8-14/h4-11,13H,12H2,1-3H3,(H,23,26). The highest BCUT2D eigenvalue weighted by Gasteiger charge is 2.33. The number of nitrogens with zero attached hydrogens (tertiary/aromatic N) is 1. The van der Waals surface area contributed by atoms with Crippen molar-refractivity contribution in [1.29, 1.82) is 0 Å². The highest BCUT2D eigenvalue weighted by molar-refractivity contribution is 6.14. The summed E-state index contributed by atoms with van der Waals surface area (Å²) in [7, 11) is 1.53. The van der Waals surface area contributed by atoms with Crippen LogP contribution in [-0.2, 0) is 11.3 Å². The van der Waals surface area contributed by atoms with E-state index in [1.165, 1.54) is 31.4 Å². The van der Waals surface area contributed by atoms with Crippen molar-refractivity contribution in [2.24, 2.45) is 0 Å². The van der Waals surface area contributed by atoms with Crippen molar-refractivity contribution in [2.45, 2.75) is 26.5 Å². The van der Waals surface area contributed by atoms with Gasteiger partial charge in [0.05, 0.1) is 19.8 Å². The maximum atomic E-state index is 13.1. The third-order valence-corrected chi connectivity index (χ3v) is 4.10. The zero-order chi connectivity index (χ0) is 20.3. The van der Waals surface area contributed by atoms with Gasteiger partial charge in [0.2, 0.25) is 0 Å². The molecule has 1 fully saturated rings. The molecule has 3 rings (SSSR count). The van der Waals surface area contributed by atoms with E-state index in [0.717, 1.165) is 4.90 Å². The molecule has 1 aliphatic heterocycles. The van der Waals surface area contributed by atoms with Crippen molar-refractivity contribution in [1.82, 2.24) is 10.2 Å². The van der Waals surface area contributed by atoms with E-state index in [4.69, 9.17) is 9.47 Å². The van der Waals surface area contributed by atoms with Crippen LogP contribution in [0.15, 0.2) is 48.2 Å². The number of nitrogens with one attached hydrogen (secondary N) is 1. The molecule has 0 spiro atoms. The minimum absolute atomic E-state index is 0.0513. The molecule has 0 aromatic heterocycles. The predicted octanol–water partition coefficient (Wildman–Crippen LogP) is 3.71. The van der Waals surface area contributed by atoms with Crippen molar-refractivity contribution in [2.75, 3.05) is 7.11 Å². The molecular weight excluding hydrogens is 363 g/mol. The summed E-state index contributed by atoms with van der Waals surface area (Å²) in [4.78, 5) is 26.0. The van der Waals surface area contributed by atoms with Crippen LogP contribution >= 0.6 is 0 Å². The van der Waals surface area contributed by atoms with Crippen LogP contribution in [0, 0.1) is 5.82 Å². The smallest absolute Gasteiger partial charge is 0.329 e. The Kier molecular flexibility index (Phi) is 5.63. The fourth-order valence-corrected chi connectivity index (χ4v) is 2.81. The van der Waals surface area contributed by atoms with Crippen LogP contribution in [0.1, 0.15) is 25.0 Å². The van der Waals surface area contributed by atoms with Crippen LogP contribution in [0.5, 0.6) is 11.5 Å². The molecule has 0 saturated carbocycles. The first kappa shape index (κ1) is 19.4. The van der Waals surface area contributed by atoms with E-state index in [9.17, 15) is 14.0 Å². The van der Waals surface area contributed by atoms with Gasteiger partial charge in [-0.1, -0.05) is 24.3 Å². The molecular formula is C21H21FN2O4. The van der Waals surface area contributed by atoms with Crippen molar-refractivity contribution >= 4 is 18.0 Å². The Morgan fingerprint density at radius 1 is 1.14 bits per heavy atom. The third-order valence-electron chi connectivity index (χ3n) is 4.10. The Balaban J connectivity index is 1.88. The number of methoxy groups -OCH3 is 1. The van der Waals surface area contributed by atoms with E-state index in [0.29, 0.717) is 22.6 Å². The fraction of sp³-hybridized carbons (Fsp3) is 0.238. The molecule has 0 bridgehead atoms. The first-order valence-corrected chi connectivity index (χ1v) is 8.81. The molecule has 2 aromatic rings. The second-order valence-electron chi connectivity index (χ2n) is 6.55. The third kappa shape index (κ3) is 4.14. The van der Waals surface area contributed by atoms with E-state index >= 15 is 0 Å². The van der Waals surface area contributed by atoms with Crippen molar-refractivity contribution < 1.29 is 23.5 Å². The number of urea groups is 1. The lowest BCUT2D eigenvalue weighted by Gasteiger charge is -2.16. The van der Waals surface area contributed by atoms with Gasteiger partial charge in [0, 0.05) is 5.56 Å². The number of carbonyl (C=O) groups is 2. The van der Waals surface area contributed by atoms with Crippen LogP contribution in [-0.4, -0.2) is 30.1 Å². The number of amides is 3. The normalized spacial score (nSPS) is 15.3. The molecule has 1 aliphatic rings. The molecule has 1 saturated heterocycles. The number of imide groups is 1. The molecule has 28 heavy (non-hydrogen) atoms. The number of carbonyl (C=O) groups excluding carboxylic acids is 2. The minimum Gasteiger partial charge on any atom is -0.493 e. The van der Waals surface area contributed by atoms with Gasteiger partial charge in [-0.3, -0.25) is 9.69 Å². The largest absolute Gasteiger partial charge is 0.493 e. The van der Waals surface area contributed by atoms with Crippen LogP contribution in [0.2, 0.25) is 0 Å². The maximum absolute atomic E-state index is 13.1. The van der Waals surface area contributed by atoms with Crippen LogP contribution in [0.25, 0.3) is 6.08 Å². The van der Waals surface area contributed by atoms with Gasteiger partial charge in [0.15, 0.2) is 11.5 Å². The highest BCUT2D eigenvalue weighted by atomic mass is 19.1. The molecule has 1 N–H and O–H groups in total. The van der Waals surface area contributed by atoms with E-state index in [2.05, 4.69) is 5.32 Å². The Labute approximate surface area is 162 Å². The van der Waals surface area contributed by atoms with E-state index < -0.39 is 11.9 Å². The van der Waals surface area contributed by atoms with E-state index in [-0.39, 0.29) is 24.2 Å². The monoisotopic (exact) mass is 384 g/mol. The molecule has 7 heteroatoms. The first-order chi connectivity index (χ1) is 13.4. The predicted molar refractivity (Wildman–Crippen MR) is 102 cm³/mol. The van der Waals surface area contributed by atoms with Crippen LogP contribution < -0.4 is 14.8 Å². The highest BCUT2D eigenvalue weighted by Crippen LogP contribution is 2.34. The zero-order valence-electron chi connectivity index (χ0n) is 15.9. The summed E-state index contributed by atoms with van der Waals surface area (Å²) < 4.78 is 24.2. The second-order valence-corrected chi connectivity index (χ2v) is 6.55. The number of hydrogen-bond acceptors (Lipinski definition) is 4. The fourth-order valence-electron chi connectivity index (χ4n) is 2.81. The number of benzene rings is 2. The average Bonchev–Trinajstić information content (AvgIpc) is 2.92. The van der Waals surface area contributed by atoms with Gasteiger partial charge in [-0.05, 0) is 43.7 Å². The van der Waals surface area contributed by atoms with Gasteiger partial charge < -0.3 is 14.8 Å². The molecule has 0 unspecified atom stereocenters. The lowest BCUT2D eigenvalue weighted by atomic mass is 10.1. The lowest BCUT2D eigenvalue weighted by Crippen LogP contribution is -2.30. The number of halogens is 1. The molecule has 2 aromatic carbocycles. The summed E-state index contributed by atoms with van der Waals surface area (Å²) in [6, 6.07) is 10.4. The number of hydrogen-bond donors (Lipinski definition) is 1. The second kappa shape index (κ2) is 8.12. The van der Waals surface area contributed by atoms with Crippen molar-refractivity contribution in [3.8, 4) is 11.5 Å². The van der Waals surface area contributed by atoms with Gasteiger partial charge in [0.1, 0.15) is 11.5 Å². The summed E-state index contributed by atoms with van der Waals surface area (Å²) in [5.74, 6) is 0.180. The molecule has 0 aliphatic carbocycles. The maximum Gasteiger partial charge on any atom is 0.329 e. The molecule has 3 amide bonds. The average molecular weight is 384 g/mol. The Morgan fingerprint density at radius 3 is 2.50 bits per heavy atom. The number of para-hydroxylation sites is 1. The van der Waals surface area contributed by atoms with Crippen LogP contribution in [0.4, 0.5) is 9.18 Å². The number of rotatable bonds is 6. The lowest BCUT2D eigenvalue weighted by molar-refractivity contribution is -0.123. The van der Waals surface area contributed by atoms with E-state index in [1.807, 2.05) is 13.8 Å². The zero-order valence-corrected chi connectivity index (χ0v) is 15.9.